The Labute approximate surface area is 218 Å². The van der Waals surface area contributed by atoms with Crippen LogP contribution in [-0.2, 0) is 26.2 Å². The van der Waals surface area contributed by atoms with Crippen LogP contribution in [0.5, 0.6) is 0 Å². The number of hydrogen-bond donors (Lipinski definition) is 0. The van der Waals surface area contributed by atoms with E-state index in [0.29, 0.717) is 10.1 Å². The fraction of sp³-hybridized carbons (Fsp3) is 0.615. The van der Waals surface area contributed by atoms with Gasteiger partial charge in [-0.2, -0.15) is 0 Å². The summed E-state index contributed by atoms with van der Waals surface area (Å²) in [6.07, 6.45) is 24.8. The molecule has 30 heavy (non-hydrogen) atoms. The van der Waals surface area contributed by atoms with Crippen LogP contribution < -0.4 is 24.8 Å². The minimum absolute atomic E-state index is 0. The molecule has 0 N–H and O–H groups in total. The van der Waals surface area contributed by atoms with E-state index >= 15 is 0 Å². The van der Waals surface area contributed by atoms with Gasteiger partial charge in [0.25, 0.3) is 0 Å². The van der Waals surface area contributed by atoms with E-state index in [1.807, 2.05) is 0 Å². The van der Waals surface area contributed by atoms with E-state index in [2.05, 4.69) is 90.1 Å². The van der Waals surface area contributed by atoms with E-state index < -0.39 is 8.07 Å². The van der Waals surface area contributed by atoms with Crippen molar-refractivity contribution in [2.75, 3.05) is 0 Å². The molecule has 4 rings (SSSR count). The Kier molecular flexibility index (Phi) is 9.58. The molecular formula is C26H38Cl2SiZr. The van der Waals surface area contributed by atoms with Gasteiger partial charge in [0.2, 0.25) is 0 Å². The third-order valence-corrected chi connectivity index (χ3v) is 15.6. The zero-order valence-electron chi connectivity index (χ0n) is 19.5. The Morgan fingerprint density at radius 3 is 1.53 bits per heavy atom. The molecule has 0 amide bonds. The second kappa shape index (κ2) is 10.1. The largest absolute Gasteiger partial charge is 4.00 e. The van der Waals surface area contributed by atoms with Crippen molar-refractivity contribution in [3.63, 3.8) is 0 Å². The normalized spacial score (nSPS) is 39.3. The van der Waals surface area contributed by atoms with Gasteiger partial charge in [-0.05, 0) is 36.5 Å². The smallest absolute Gasteiger partial charge is 1.00 e. The van der Waals surface area contributed by atoms with E-state index in [9.17, 15) is 0 Å². The standard InChI is InChI=1S/C26H38Si.2ClH.Zr/c1-19-11-7-9-13-21-15-25(3,17-23(19)21)27(5,6)26(4)16-22-14-10-8-12-20(2)24(22)18-26;;;/h7-10,13-16,19-20,23-24H,11-12,17-18H2,1-6H3;2*1H;/q-2;;;+4/p-2. The molecule has 4 aliphatic rings. The maximum Gasteiger partial charge on any atom is 4.00 e. The summed E-state index contributed by atoms with van der Waals surface area (Å²) in [7, 11) is -1.60. The van der Waals surface area contributed by atoms with Crippen LogP contribution in [0.3, 0.4) is 0 Å². The van der Waals surface area contributed by atoms with Crippen molar-refractivity contribution in [2.45, 2.75) is 76.5 Å². The van der Waals surface area contributed by atoms with Gasteiger partial charge in [-0.1, -0.05) is 63.7 Å². The molecule has 6 unspecified atom stereocenters. The van der Waals surface area contributed by atoms with Crippen LogP contribution in [0.25, 0.3) is 0 Å². The minimum atomic E-state index is -1.60. The Hall–Kier alpha value is 0.380. The second-order valence-corrected chi connectivity index (χ2v) is 16.5. The van der Waals surface area contributed by atoms with Crippen molar-refractivity contribution in [1.82, 2.24) is 0 Å². The van der Waals surface area contributed by atoms with E-state index in [1.54, 1.807) is 11.1 Å². The monoisotopic (exact) mass is 538 g/mol. The molecule has 0 bridgehead atoms. The van der Waals surface area contributed by atoms with Gasteiger partial charge >= 0.3 is 26.2 Å². The Bertz CT molecular complexity index is 677. The molecule has 6 atom stereocenters. The molecule has 4 aliphatic carbocycles. The van der Waals surface area contributed by atoms with Crippen molar-refractivity contribution < 1.29 is 51.0 Å². The molecule has 0 aromatic carbocycles. The molecule has 0 aliphatic heterocycles. The van der Waals surface area contributed by atoms with Crippen LogP contribution in [-0.4, -0.2) is 8.07 Å². The summed E-state index contributed by atoms with van der Waals surface area (Å²) in [4.78, 5) is 0. The maximum atomic E-state index is 2.72. The average Bonchev–Trinajstić information content (AvgIpc) is 3.04. The van der Waals surface area contributed by atoms with Crippen LogP contribution >= 0.6 is 0 Å². The van der Waals surface area contributed by atoms with Gasteiger partial charge < -0.3 is 24.8 Å². The molecule has 0 spiro atoms. The van der Waals surface area contributed by atoms with Crippen LogP contribution in [0, 0.1) is 36.5 Å². The van der Waals surface area contributed by atoms with Gasteiger partial charge in [0.05, 0.1) is 0 Å². The minimum Gasteiger partial charge on any atom is -1.00 e. The first-order valence-corrected chi connectivity index (χ1v) is 14.1. The van der Waals surface area contributed by atoms with Gasteiger partial charge in [-0.15, -0.1) is 24.3 Å². The van der Waals surface area contributed by atoms with E-state index in [-0.39, 0.29) is 51.0 Å². The van der Waals surface area contributed by atoms with Crippen LogP contribution in [0.1, 0.15) is 53.4 Å². The summed E-state index contributed by atoms with van der Waals surface area (Å²) < 4.78 is 0. The van der Waals surface area contributed by atoms with E-state index in [1.165, 1.54) is 25.7 Å². The predicted octanol–water partition coefficient (Wildman–Crippen LogP) is 1.71. The number of fused-ring (bicyclic) bond motifs is 2. The summed E-state index contributed by atoms with van der Waals surface area (Å²) in [5.41, 5.74) is 3.26. The zero-order chi connectivity index (χ0) is 19.4. The number of halogens is 2. The van der Waals surface area contributed by atoms with Crippen LogP contribution in [0.15, 0.2) is 47.6 Å². The van der Waals surface area contributed by atoms with Gasteiger partial charge in [-0.25, -0.2) is 36.1 Å². The Morgan fingerprint density at radius 1 is 0.800 bits per heavy atom. The van der Waals surface area contributed by atoms with Crippen molar-refractivity contribution in [3.05, 3.63) is 60.4 Å². The molecule has 164 valence electrons. The first-order valence-electron chi connectivity index (χ1n) is 11.1. The van der Waals surface area contributed by atoms with Crippen LogP contribution in [0.4, 0.5) is 0 Å². The summed E-state index contributed by atoms with van der Waals surface area (Å²) in [5.74, 6) is 3.07. The van der Waals surface area contributed by atoms with Gasteiger partial charge in [0.15, 0.2) is 0 Å². The molecule has 2 fully saturated rings. The molecule has 0 nitrogen and oxygen atoms in total. The Morgan fingerprint density at radius 2 is 1.17 bits per heavy atom. The number of rotatable bonds is 2. The first-order chi connectivity index (χ1) is 12.7. The molecule has 0 saturated heterocycles. The molecular weight excluding hydrogens is 503 g/mol. The molecule has 0 aromatic rings. The van der Waals surface area contributed by atoms with Crippen molar-refractivity contribution in [1.29, 1.82) is 0 Å². The molecule has 0 radical (unpaired) electrons. The topological polar surface area (TPSA) is 0 Å². The summed E-state index contributed by atoms with van der Waals surface area (Å²) >= 11 is 0. The van der Waals surface area contributed by atoms with Crippen molar-refractivity contribution in [3.8, 4) is 0 Å². The number of hydrogen-bond acceptors (Lipinski definition) is 0. The molecule has 0 heterocycles. The van der Waals surface area contributed by atoms with E-state index in [4.69, 9.17) is 0 Å². The number of allylic oxidation sites excluding steroid dienone is 8. The van der Waals surface area contributed by atoms with Gasteiger partial charge in [0.1, 0.15) is 0 Å². The van der Waals surface area contributed by atoms with Crippen molar-refractivity contribution in [2.24, 2.45) is 23.7 Å². The first kappa shape index (κ1) is 28.4. The molecule has 0 aromatic heterocycles. The van der Waals surface area contributed by atoms with Crippen LogP contribution in [0.2, 0.25) is 23.2 Å². The zero-order valence-corrected chi connectivity index (χ0v) is 24.5. The van der Waals surface area contributed by atoms with Gasteiger partial charge in [-0.3, -0.25) is 0 Å². The molecule has 2 saturated carbocycles. The maximum absolute atomic E-state index is 2.72. The summed E-state index contributed by atoms with van der Waals surface area (Å²) in [6.45, 7) is 15.5. The quantitative estimate of drug-likeness (QED) is 0.370. The molecule has 4 heteroatoms. The third-order valence-electron chi connectivity index (χ3n) is 9.21. The predicted molar refractivity (Wildman–Crippen MR) is 121 cm³/mol. The second-order valence-electron chi connectivity index (χ2n) is 11.0. The van der Waals surface area contributed by atoms with Crippen molar-refractivity contribution >= 4 is 8.07 Å². The fourth-order valence-corrected chi connectivity index (χ4v) is 10.2. The van der Waals surface area contributed by atoms with E-state index in [0.717, 1.165) is 23.7 Å². The van der Waals surface area contributed by atoms with Gasteiger partial charge in [0, 0.05) is 8.07 Å². The fourth-order valence-electron chi connectivity index (χ4n) is 6.42. The average molecular weight is 541 g/mol. The third kappa shape index (κ3) is 4.55. The SMILES string of the molecule is CC1CC=CC=C2[CH-]C(C)([Si](C)(C)C3(C)[CH-]C4=CC=CCC(C)C4C3)CC21.[Cl-].[Cl-].[Zr+4]. The summed E-state index contributed by atoms with van der Waals surface area (Å²) in [5, 5.41) is 0.773. The summed E-state index contributed by atoms with van der Waals surface area (Å²) in [6, 6.07) is 0. The Balaban J connectivity index is 0.00000150.